The minimum atomic E-state index is -1.22. The quantitative estimate of drug-likeness (QED) is 0.563. The number of benzene rings is 2. The SMILES string of the molecule is COc1cn(-c2ccccc2)nc1C(=O)Nc1cccc([C@@]2(C)NC(=O)NC2=O)c1. The van der Waals surface area contributed by atoms with Gasteiger partial charge in [0, 0.05) is 5.69 Å². The first-order valence-corrected chi connectivity index (χ1v) is 9.15. The average Bonchev–Trinajstić information content (AvgIpc) is 3.30. The van der Waals surface area contributed by atoms with Gasteiger partial charge in [0.15, 0.2) is 11.4 Å². The maximum atomic E-state index is 12.9. The first-order chi connectivity index (χ1) is 14.4. The minimum Gasteiger partial charge on any atom is -0.493 e. The van der Waals surface area contributed by atoms with Crippen LogP contribution in [0.4, 0.5) is 10.5 Å². The van der Waals surface area contributed by atoms with E-state index in [1.807, 2.05) is 30.3 Å². The molecule has 9 nitrogen and oxygen atoms in total. The Bertz CT molecular complexity index is 1140. The van der Waals surface area contributed by atoms with E-state index in [0.29, 0.717) is 17.0 Å². The number of carbonyl (C=O) groups excluding carboxylic acids is 3. The van der Waals surface area contributed by atoms with Gasteiger partial charge in [-0.2, -0.15) is 5.10 Å². The van der Waals surface area contributed by atoms with Gasteiger partial charge in [0.05, 0.1) is 19.0 Å². The van der Waals surface area contributed by atoms with E-state index in [1.165, 1.54) is 7.11 Å². The fourth-order valence-corrected chi connectivity index (χ4v) is 3.22. The highest BCUT2D eigenvalue weighted by atomic mass is 16.5. The molecule has 3 N–H and O–H groups in total. The van der Waals surface area contributed by atoms with Gasteiger partial charge in [-0.3, -0.25) is 14.9 Å². The molecule has 0 unspecified atom stereocenters. The number of amides is 4. The summed E-state index contributed by atoms with van der Waals surface area (Å²) in [4.78, 5) is 36.6. The van der Waals surface area contributed by atoms with E-state index in [2.05, 4.69) is 21.0 Å². The van der Waals surface area contributed by atoms with Crippen molar-refractivity contribution in [3.05, 3.63) is 72.1 Å². The largest absolute Gasteiger partial charge is 0.493 e. The second-order valence-electron chi connectivity index (χ2n) is 6.89. The molecule has 1 aromatic heterocycles. The van der Waals surface area contributed by atoms with E-state index >= 15 is 0 Å². The summed E-state index contributed by atoms with van der Waals surface area (Å²) in [6.07, 6.45) is 1.63. The molecule has 2 aromatic carbocycles. The number of nitrogens with one attached hydrogen (secondary N) is 3. The Labute approximate surface area is 172 Å². The molecule has 4 rings (SSSR count). The summed E-state index contributed by atoms with van der Waals surface area (Å²) in [5.74, 6) is -0.607. The third-order valence-electron chi connectivity index (χ3n) is 4.88. The van der Waals surface area contributed by atoms with Gasteiger partial charge < -0.3 is 15.4 Å². The lowest BCUT2D eigenvalue weighted by Gasteiger charge is -2.21. The molecule has 1 aliphatic heterocycles. The molecule has 1 aliphatic rings. The molecule has 0 bridgehead atoms. The second-order valence-corrected chi connectivity index (χ2v) is 6.89. The summed E-state index contributed by atoms with van der Waals surface area (Å²) in [5, 5.41) is 11.9. The zero-order valence-electron chi connectivity index (χ0n) is 16.3. The number of carbonyl (C=O) groups is 3. The van der Waals surface area contributed by atoms with Crippen molar-refractivity contribution in [2.75, 3.05) is 12.4 Å². The first kappa shape index (κ1) is 19.2. The van der Waals surface area contributed by atoms with Gasteiger partial charge in [0.25, 0.3) is 11.8 Å². The van der Waals surface area contributed by atoms with Crippen molar-refractivity contribution in [2.45, 2.75) is 12.5 Å². The molecule has 30 heavy (non-hydrogen) atoms. The van der Waals surface area contributed by atoms with Crippen molar-refractivity contribution in [1.29, 1.82) is 0 Å². The first-order valence-electron chi connectivity index (χ1n) is 9.15. The number of imide groups is 1. The number of hydrogen-bond acceptors (Lipinski definition) is 5. The lowest BCUT2D eigenvalue weighted by atomic mass is 9.92. The molecule has 4 amide bonds. The van der Waals surface area contributed by atoms with Gasteiger partial charge in [-0.1, -0.05) is 30.3 Å². The van der Waals surface area contributed by atoms with Gasteiger partial charge in [0.1, 0.15) is 5.54 Å². The summed E-state index contributed by atoms with van der Waals surface area (Å²) >= 11 is 0. The normalized spacial score (nSPS) is 17.9. The van der Waals surface area contributed by atoms with Gasteiger partial charge in [-0.05, 0) is 36.8 Å². The van der Waals surface area contributed by atoms with Crippen molar-refractivity contribution < 1.29 is 19.1 Å². The van der Waals surface area contributed by atoms with E-state index < -0.39 is 23.4 Å². The molecular weight excluding hydrogens is 386 g/mol. The molecule has 0 spiro atoms. The number of methoxy groups -OCH3 is 1. The number of rotatable bonds is 5. The number of urea groups is 1. The molecule has 0 saturated carbocycles. The third-order valence-corrected chi connectivity index (χ3v) is 4.88. The van der Waals surface area contributed by atoms with E-state index in [9.17, 15) is 14.4 Å². The van der Waals surface area contributed by atoms with Gasteiger partial charge in [-0.25, -0.2) is 9.48 Å². The molecule has 0 radical (unpaired) electrons. The predicted molar refractivity (Wildman–Crippen MR) is 109 cm³/mol. The van der Waals surface area contributed by atoms with Gasteiger partial charge in [0.2, 0.25) is 0 Å². The van der Waals surface area contributed by atoms with Crippen molar-refractivity contribution >= 4 is 23.5 Å². The van der Waals surface area contributed by atoms with Crippen molar-refractivity contribution in [3.8, 4) is 11.4 Å². The molecule has 9 heteroatoms. The summed E-state index contributed by atoms with van der Waals surface area (Å²) in [6, 6.07) is 15.5. The molecule has 0 aliphatic carbocycles. The predicted octanol–water partition coefficient (Wildman–Crippen LogP) is 2.19. The fraction of sp³-hybridized carbons (Fsp3) is 0.143. The topological polar surface area (TPSA) is 114 Å². The van der Waals surface area contributed by atoms with Crippen LogP contribution in [0.2, 0.25) is 0 Å². The lowest BCUT2D eigenvalue weighted by Crippen LogP contribution is -2.40. The molecule has 2 heterocycles. The van der Waals surface area contributed by atoms with Crippen LogP contribution in [-0.4, -0.2) is 34.7 Å². The Morgan fingerprint density at radius 2 is 1.90 bits per heavy atom. The zero-order chi connectivity index (χ0) is 21.3. The Kier molecular flexibility index (Phi) is 4.71. The van der Waals surface area contributed by atoms with Crippen LogP contribution in [0.15, 0.2) is 60.8 Å². The molecule has 152 valence electrons. The highest BCUT2D eigenvalue weighted by Gasteiger charge is 2.43. The van der Waals surface area contributed by atoms with Crippen molar-refractivity contribution in [1.82, 2.24) is 20.4 Å². The van der Waals surface area contributed by atoms with Crippen LogP contribution in [0, 0.1) is 0 Å². The Morgan fingerprint density at radius 1 is 1.13 bits per heavy atom. The van der Waals surface area contributed by atoms with Crippen LogP contribution in [-0.2, 0) is 10.3 Å². The second kappa shape index (κ2) is 7.36. The lowest BCUT2D eigenvalue weighted by molar-refractivity contribution is -0.123. The summed E-state index contributed by atoms with van der Waals surface area (Å²) in [7, 11) is 1.46. The smallest absolute Gasteiger partial charge is 0.322 e. The maximum absolute atomic E-state index is 12.9. The van der Waals surface area contributed by atoms with Crippen LogP contribution in [0.1, 0.15) is 23.0 Å². The van der Waals surface area contributed by atoms with Crippen molar-refractivity contribution in [2.24, 2.45) is 0 Å². The van der Waals surface area contributed by atoms with Crippen LogP contribution in [0.25, 0.3) is 5.69 Å². The van der Waals surface area contributed by atoms with Crippen molar-refractivity contribution in [3.63, 3.8) is 0 Å². The number of para-hydroxylation sites is 1. The summed E-state index contributed by atoms with van der Waals surface area (Å²) in [5.41, 5.74) is 0.664. The number of hydrogen-bond donors (Lipinski definition) is 3. The number of ether oxygens (including phenoxy) is 1. The van der Waals surface area contributed by atoms with E-state index in [4.69, 9.17) is 4.74 Å². The number of nitrogens with zero attached hydrogens (tertiary/aromatic N) is 2. The Balaban J connectivity index is 1.60. The summed E-state index contributed by atoms with van der Waals surface area (Å²) in [6.45, 7) is 1.60. The maximum Gasteiger partial charge on any atom is 0.322 e. The van der Waals surface area contributed by atoms with Crippen LogP contribution in [0.5, 0.6) is 5.75 Å². The Morgan fingerprint density at radius 3 is 2.57 bits per heavy atom. The Hall–Kier alpha value is -4.14. The van der Waals surface area contributed by atoms with E-state index in [0.717, 1.165) is 5.69 Å². The van der Waals surface area contributed by atoms with Gasteiger partial charge >= 0.3 is 6.03 Å². The molecule has 1 saturated heterocycles. The fourth-order valence-electron chi connectivity index (χ4n) is 3.22. The number of aromatic nitrogens is 2. The van der Waals surface area contributed by atoms with Gasteiger partial charge in [-0.15, -0.1) is 0 Å². The molecule has 1 atom stereocenters. The molecule has 1 fully saturated rings. The highest BCUT2D eigenvalue weighted by Crippen LogP contribution is 2.27. The molecule has 3 aromatic rings. The van der Waals surface area contributed by atoms with Crippen LogP contribution >= 0.6 is 0 Å². The monoisotopic (exact) mass is 405 g/mol. The zero-order valence-corrected chi connectivity index (χ0v) is 16.3. The molecular formula is C21H19N5O4. The van der Waals surface area contributed by atoms with E-state index in [1.54, 1.807) is 42.1 Å². The minimum absolute atomic E-state index is 0.116. The summed E-state index contributed by atoms with van der Waals surface area (Å²) < 4.78 is 6.87. The number of anilines is 1. The van der Waals surface area contributed by atoms with Crippen LogP contribution in [0.3, 0.4) is 0 Å². The van der Waals surface area contributed by atoms with Crippen LogP contribution < -0.4 is 20.7 Å². The standard InChI is InChI=1S/C21H19N5O4/c1-21(19(28)23-20(29)24-21)13-7-6-8-14(11-13)22-18(27)17-16(30-2)12-26(25-17)15-9-4-3-5-10-15/h3-12H,1-2H3,(H,22,27)(H2,23,24,28,29)/t21-/m1/s1. The van der Waals surface area contributed by atoms with E-state index in [-0.39, 0.29) is 5.69 Å². The third kappa shape index (κ3) is 3.37. The average molecular weight is 405 g/mol. The highest BCUT2D eigenvalue weighted by molar-refractivity contribution is 6.08.